The maximum absolute atomic E-state index is 11.8. The Hall–Kier alpha value is -1.62. The van der Waals surface area contributed by atoms with E-state index in [1.165, 1.54) is 13.2 Å². The molecule has 17 heavy (non-hydrogen) atoms. The summed E-state index contributed by atoms with van der Waals surface area (Å²) in [5, 5.41) is 0. The van der Waals surface area contributed by atoms with Crippen LogP contribution < -0.4 is 9.64 Å². The molecule has 1 aliphatic heterocycles. The van der Waals surface area contributed by atoms with Crippen molar-refractivity contribution in [2.45, 2.75) is 6.92 Å². The van der Waals surface area contributed by atoms with Crippen LogP contribution in [0, 0.1) is 0 Å². The van der Waals surface area contributed by atoms with E-state index in [-0.39, 0.29) is 11.8 Å². The van der Waals surface area contributed by atoms with E-state index in [2.05, 4.69) is 15.9 Å². The first-order valence-electron chi connectivity index (χ1n) is 4.95. The van der Waals surface area contributed by atoms with Crippen LogP contribution in [0.3, 0.4) is 0 Å². The second kappa shape index (κ2) is 4.33. The standard InChI is InChI=1S/C12H10BrNO3/c1-7-5-11(15)14(12(7)16)10-6-8(17-2)3-4-9(10)13/h3-6H,1-2H3. The van der Waals surface area contributed by atoms with E-state index in [4.69, 9.17) is 4.74 Å². The first-order valence-corrected chi connectivity index (χ1v) is 5.74. The molecular formula is C12H10BrNO3. The number of carbonyl (C=O) groups excluding carboxylic acids is 2. The van der Waals surface area contributed by atoms with Crippen molar-refractivity contribution in [1.29, 1.82) is 0 Å². The number of benzene rings is 1. The number of ether oxygens (including phenoxy) is 1. The van der Waals surface area contributed by atoms with Gasteiger partial charge in [-0.3, -0.25) is 9.59 Å². The molecule has 1 aromatic rings. The molecule has 0 saturated heterocycles. The second-order valence-electron chi connectivity index (χ2n) is 3.62. The summed E-state index contributed by atoms with van der Waals surface area (Å²) in [4.78, 5) is 24.7. The summed E-state index contributed by atoms with van der Waals surface area (Å²) in [6.45, 7) is 1.62. The van der Waals surface area contributed by atoms with Gasteiger partial charge in [-0.05, 0) is 35.0 Å². The first kappa shape index (κ1) is 11.9. The van der Waals surface area contributed by atoms with E-state index >= 15 is 0 Å². The first-order chi connectivity index (χ1) is 8.04. The Balaban J connectivity index is 2.48. The van der Waals surface area contributed by atoms with Crippen molar-refractivity contribution in [3.8, 4) is 5.75 Å². The number of halogens is 1. The lowest BCUT2D eigenvalue weighted by atomic mass is 10.2. The summed E-state index contributed by atoms with van der Waals surface area (Å²) in [6, 6.07) is 5.13. The number of carbonyl (C=O) groups is 2. The van der Waals surface area contributed by atoms with E-state index in [9.17, 15) is 9.59 Å². The highest BCUT2D eigenvalue weighted by Gasteiger charge is 2.31. The van der Waals surface area contributed by atoms with Crippen LogP contribution in [0.25, 0.3) is 0 Å². The number of imide groups is 1. The zero-order chi connectivity index (χ0) is 12.6. The zero-order valence-corrected chi connectivity index (χ0v) is 10.9. The minimum atomic E-state index is -0.332. The molecule has 0 N–H and O–H groups in total. The van der Waals surface area contributed by atoms with Crippen molar-refractivity contribution >= 4 is 33.4 Å². The predicted octanol–water partition coefficient (Wildman–Crippen LogP) is 2.28. The van der Waals surface area contributed by atoms with E-state index in [1.807, 2.05) is 0 Å². The molecule has 2 rings (SSSR count). The fourth-order valence-electron chi connectivity index (χ4n) is 1.61. The van der Waals surface area contributed by atoms with Gasteiger partial charge in [0.15, 0.2) is 0 Å². The average molecular weight is 296 g/mol. The molecule has 0 fully saturated rings. The van der Waals surface area contributed by atoms with Gasteiger partial charge in [-0.25, -0.2) is 4.90 Å². The molecule has 0 radical (unpaired) electrons. The molecular weight excluding hydrogens is 286 g/mol. The van der Waals surface area contributed by atoms with Crippen LogP contribution in [-0.4, -0.2) is 18.9 Å². The summed E-state index contributed by atoms with van der Waals surface area (Å²) >= 11 is 3.32. The van der Waals surface area contributed by atoms with Crippen molar-refractivity contribution in [2.75, 3.05) is 12.0 Å². The molecule has 0 spiro atoms. The monoisotopic (exact) mass is 295 g/mol. The Kier molecular flexibility index (Phi) is 3.02. The predicted molar refractivity (Wildman–Crippen MR) is 66.9 cm³/mol. The van der Waals surface area contributed by atoms with Crippen LogP contribution in [0.4, 0.5) is 5.69 Å². The molecule has 2 amide bonds. The minimum Gasteiger partial charge on any atom is -0.497 e. The number of anilines is 1. The van der Waals surface area contributed by atoms with Crippen molar-refractivity contribution in [3.63, 3.8) is 0 Å². The molecule has 0 atom stereocenters. The lowest BCUT2D eigenvalue weighted by molar-refractivity contribution is -0.120. The number of nitrogens with zero attached hydrogens (tertiary/aromatic N) is 1. The lowest BCUT2D eigenvalue weighted by Gasteiger charge is -2.17. The quantitative estimate of drug-likeness (QED) is 0.787. The molecule has 4 nitrogen and oxygen atoms in total. The normalized spacial score (nSPS) is 15.2. The van der Waals surface area contributed by atoms with Crippen LogP contribution in [0.15, 0.2) is 34.3 Å². The molecule has 88 valence electrons. The fraction of sp³-hybridized carbons (Fsp3) is 0.167. The van der Waals surface area contributed by atoms with Gasteiger partial charge in [0.25, 0.3) is 11.8 Å². The van der Waals surface area contributed by atoms with Gasteiger partial charge in [-0.15, -0.1) is 0 Å². The summed E-state index contributed by atoms with van der Waals surface area (Å²) in [5.41, 5.74) is 0.928. The van der Waals surface area contributed by atoms with E-state index in [1.54, 1.807) is 25.1 Å². The van der Waals surface area contributed by atoms with Crippen LogP contribution >= 0.6 is 15.9 Å². The molecule has 1 aromatic carbocycles. The maximum atomic E-state index is 11.8. The fourth-order valence-corrected chi connectivity index (χ4v) is 2.03. The third-order valence-electron chi connectivity index (χ3n) is 2.50. The topological polar surface area (TPSA) is 46.6 Å². The van der Waals surface area contributed by atoms with Crippen LogP contribution in [0.2, 0.25) is 0 Å². The summed E-state index contributed by atoms with van der Waals surface area (Å²) in [5.74, 6) is -0.0428. The second-order valence-corrected chi connectivity index (χ2v) is 4.48. The third-order valence-corrected chi connectivity index (χ3v) is 3.17. The highest BCUT2D eigenvalue weighted by atomic mass is 79.9. The number of amides is 2. The summed E-state index contributed by atoms with van der Waals surface area (Å²) in [6.07, 6.45) is 1.33. The molecule has 0 unspecified atom stereocenters. The molecule has 1 heterocycles. The highest BCUT2D eigenvalue weighted by molar-refractivity contribution is 9.10. The van der Waals surface area contributed by atoms with Gasteiger partial charge in [-0.1, -0.05) is 0 Å². The van der Waals surface area contributed by atoms with Gasteiger partial charge in [0.1, 0.15) is 5.75 Å². The van der Waals surface area contributed by atoms with Gasteiger partial charge >= 0.3 is 0 Å². The number of methoxy groups -OCH3 is 1. The van der Waals surface area contributed by atoms with Crippen molar-refractivity contribution in [2.24, 2.45) is 0 Å². The average Bonchev–Trinajstić information content (AvgIpc) is 2.55. The highest BCUT2D eigenvalue weighted by Crippen LogP contribution is 2.33. The molecule has 0 aromatic heterocycles. The minimum absolute atomic E-state index is 0.302. The summed E-state index contributed by atoms with van der Waals surface area (Å²) in [7, 11) is 1.53. The van der Waals surface area contributed by atoms with Gasteiger partial charge in [0.05, 0.1) is 12.8 Å². The molecule has 1 aliphatic rings. The Morgan fingerprint density at radius 3 is 2.53 bits per heavy atom. The van der Waals surface area contributed by atoms with E-state index in [0.717, 1.165) is 4.90 Å². The number of hydrogen-bond acceptors (Lipinski definition) is 3. The largest absolute Gasteiger partial charge is 0.497 e. The summed E-state index contributed by atoms with van der Waals surface area (Å²) < 4.78 is 5.75. The Morgan fingerprint density at radius 2 is 2.00 bits per heavy atom. The van der Waals surface area contributed by atoms with Gasteiger partial charge in [0, 0.05) is 22.2 Å². The zero-order valence-electron chi connectivity index (χ0n) is 9.36. The number of hydrogen-bond donors (Lipinski definition) is 0. The SMILES string of the molecule is COc1ccc(Br)c(N2C(=O)C=C(C)C2=O)c1. The molecule has 0 aliphatic carbocycles. The van der Waals surface area contributed by atoms with Crippen LogP contribution in [-0.2, 0) is 9.59 Å². The Morgan fingerprint density at radius 1 is 1.29 bits per heavy atom. The Bertz CT molecular complexity index is 537. The third kappa shape index (κ3) is 1.98. The Labute approximate surface area is 107 Å². The molecule has 5 heteroatoms. The van der Waals surface area contributed by atoms with E-state index < -0.39 is 0 Å². The van der Waals surface area contributed by atoms with Crippen LogP contribution in [0.5, 0.6) is 5.75 Å². The van der Waals surface area contributed by atoms with Gasteiger partial charge < -0.3 is 4.74 Å². The van der Waals surface area contributed by atoms with Gasteiger partial charge in [0.2, 0.25) is 0 Å². The maximum Gasteiger partial charge on any atom is 0.261 e. The lowest BCUT2D eigenvalue weighted by Crippen LogP contribution is -2.30. The van der Waals surface area contributed by atoms with Gasteiger partial charge in [-0.2, -0.15) is 0 Å². The molecule has 0 saturated carbocycles. The smallest absolute Gasteiger partial charge is 0.261 e. The van der Waals surface area contributed by atoms with Crippen molar-refractivity contribution in [3.05, 3.63) is 34.3 Å². The van der Waals surface area contributed by atoms with E-state index in [0.29, 0.717) is 21.5 Å². The van der Waals surface area contributed by atoms with Crippen molar-refractivity contribution in [1.82, 2.24) is 0 Å². The number of rotatable bonds is 2. The van der Waals surface area contributed by atoms with Crippen molar-refractivity contribution < 1.29 is 14.3 Å². The molecule has 0 bridgehead atoms. The van der Waals surface area contributed by atoms with Crippen LogP contribution in [0.1, 0.15) is 6.92 Å².